The zero-order valence-corrected chi connectivity index (χ0v) is 24.0. The number of aromatic nitrogens is 3. The number of hydrogen-bond donors (Lipinski definition) is 1. The first-order chi connectivity index (χ1) is 20.0. The molecule has 1 saturated heterocycles. The van der Waals surface area contributed by atoms with E-state index in [1.54, 1.807) is 24.5 Å². The second kappa shape index (κ2) is 12.0. The average molecular weight is 568 g/mol. The molecule has 0 bridgehead atoms. The third-order valence-corrected chi connectivity index (χ3v) is 8.75. The number of piperidine rings is 1. The van der Waals surface area contributed by atoms with E-state index >= 15 is 0 Å². The molecule has 210 valence electrons. The van der Waals surface area contributed by atoms with Gasteiger partial charge in [-0.3, -0.25) is 19.5 Å². The molecule has 4 heterocycles. The number of aryl methyl sites for hydroxylation is 1. The summed E-state index contributed by atoms with van der Waals surface area (Å²) in [6, 6.07) is 17.2. The van der Waals surface area contributed by atoms with Crippen LogP contribution in [-0.4, -0.2) is 62.7 Å². The van der Waals surface area contributed by atoms with Crippen LogP contribution >= 0.6 is 11.6 Å². The second-order valence-corrected chi connectivity index (χ2v) is 11.4. The predicted molar refractivity (Wildman–Crippen MR) is 161 cm³/mol. The summed E-state index contributed by atoms with van der Waals surface area (Å²) in [6.07, 6.45) is 8.58. The smallest absolute Gasteiger partial charge is 0.261 e. The van der Waals surface area contributed by atoms with E-state index in [0.717, 1.165) is 90.7 Å². The first-order valence-electron chi connectivity index (χ1n) is 14.4. The maximum absolute atomic E-state index is 12.6. The van der Waals surface area contributed by atoms with Gasteiger partial charge in [0.15, 0.2) is 0 Å². The number of halogens is 1. The third-order valence-electron chi connectivity index (χ3n) is 8.34. The Balaban J connectivity index is 1.02. The number of nitrogens with zero attached hydrogens (tertiary/aromatic N) is 4. The maximum Gasteiger partial charge on any atom is 0.261 e. The fourth-order valence-corrected chi connectivity index (χ4v) is 6.10. The van der Waals surface area contributed by atoms with Crippen LogP contribution in [0.25, 0.3) is 22.5 Å². The number of imidazole rings is 1. The third kappa shape index (κ3) is 5.69. The molecular formula is C33H34ClN5O2. The first-order valence-corrected chi connectivity index (χ1v) is 14.8. The van der Waals surface area contributed by atoms with Gasteiger partial charge in [-0.2, -0.15) is 0 Å². The number of benzene rings is 2. The molecule has 8 heteroatoms. The van der Waals surface area contributed by atoms with Crippen molar-refractivity contribution in [1.29, 1.82) is 0 Å². The quantitative estimate of drug-likeness (QED) is 0.179. The number of carbonyl (C=O) groups excluding carboxylic acids is 2. The Morgan fingerprint density at radius 2 is 1.56 bits per heavy atom. The van der Waals surface area contributed by atoms with Crippen molar-refractivity contribution in [3.05, 3.63) is 94.5 Å². The topological polar surface area (TPSA) is 82.2 Å². The highest BCUT2D eigenvalue weighted by Crippen LogP contribution is 2.36. The van der Waals surface area contributed by atoms with Crippen molar-refractivity contribution in [1.82, 2.24) is 24.8 Å². The second-order valence-electron chi connectivity index (χ2n) is 11.0. The number of amides is 2. The Morgan fingerprint density at radius 1 is 0.878 bits per heavy atom. The van der Waals surface area contributed by atoms with Crippen LogP contribution < -0.4 is 0 Å². The Hall–Kier alpha value is -3.81. The molecule has 6 rings (SSSR count). The van der Waals surface area contributed by atoms with E-state index in [2.05, 4.69) is 20.9 Å². The Labute approximate surface area is 245 Å². The van der Waals surface area contributed by atoms with Crippen LogP contribution in [0.15, 0.2) is 67.0 Å². The van der Waals surface area contributed by atoms with E-state index < -0.39 is 0 Å². The van der Waals surface area contributed by atoms with E-state index in [-0.39, 0.29) is 11.8 Å². The molecule has 41 heavy (non-hydrogen) atoms. The summed E-state index contributed by atoms with van der Waals surface area (Å²) >= 11 is 6.47. The number of aromatic amines is 1. The van der Waals surface area contributed by atoms with Crippen LogP contribution in [0.3, 0.4) is 0 Å². The minimum Gasteiger partial charge on any atom is -0.341 e. The lowest BCUT2D eigenvalue weighted by Gasteiger charge is -2.31. The molecule has 0 saturated carbocycles. The molecule has 2 aromatic heterocycles. The lowest BCUT2D eigenvalue weighted by Crippen LogP contribution is -2.34. The van der Waals surface area contributed by atoms with Gasteiger partial charge in [0.25, 0.3) is 11.8 Å². The lowest BCUT2D eigenvalue weighted by atomic mass is 9.96. The number of unbranched alkanes of at least 4 members (excludes halogenated alkanes) is 2. The summed E-state index contributed by atoms with van der Waals surface area (Å²) in [5.74, 6) is 1.08. The van der Waals surface area contributed by atoms with Gasteiger partial charge in [0.1, 0.15) is 5.82 Å². The Kier molecular flexibility index (Phi) is 7.99. The van der Waals surface area contributed by atoms with E-state index in [4.69, 9.17) is 16.6 Å². The van der Waals surface area contributed by atoms with Crippen LogP contribution in [0.2, 0.25) is 5.02 Å². The predicted octanol–water partition coefficient (Wildman–Crippen LogP) is 6.75. The SMILES string of the molecule is Cc1ccc(-c2nc(C3CCN(CCCCCN4C(=O)c5ccccc5C4=O)CC3)[nH]c2-c2ccncc2)cc1Cl. The summed E-state index contributed by atoms with van der Waals surface area (Å²) in [4.78, 5) is 42.0. The number of hydrogen-bond acceptors (Lipinski definition) is 5. The number of nitrogens with one attached hydrogen (secondary N) is 1. The number of carbonyl (C=O) groups is 2. The normalized spacial score (nSPS) is 16.0. The highest BCUT2D eigenvalue weighted by Gasteiger charge is 2.34. The molecule has 1 fully saturated rings. The van der Waals surface area contributed by atoms with Gasteiger partial charge >= 0.3 is 0 Å². The van der Waals surface area contributed by atoms with Crippen molar-refractivity contribution in [2.75, 3.05) is 26.2 Å². The highest BCUT2D eigenvalue weighted by molar-refractivity contribution is 6.31. The largest absolute Gasteiger partial charge is 0.341 e. The minimum atomic E-state index is -0.161. The van der Waals surface area contributed by atoms with E-state index in [9.17, 15) is 9.59 Å². The van der Waals surface area contributed by atoms with Crippen molar-refractivity contribution in [3.8, 4) is 22.5 Å². The minimum absolute atomic E-state index is 0.161. The van der Waals surface area contributed by atoms with Gasteiger partial charge in [-0.05, 0) is 88.1 Å². The van der Waals surface area contributed by atoms with Gasteiger partial charge in [-0.25, -0.2) is 4.98 Å². The highest BCUT2D eigenvalue weighted by atomic mass is 35.5. The maximum atomic E-state index is 12.6. The fraction of sp³-hybridized carbons (Fsp3) is 0.333. The van der Waals surface area contributed by atoms with Crippen molar-refractivity contribution in [2.45, 2.75) is 44.9 Å². The number of H-pyrrole nitrogens is 1. The molecule has 7 nitrogen and oxygen atoms in total. The average Bonchev–Trinajstić information content (AvgIpc) is 3.55. The van der Waals surface area contributed by atoms with Gasteiger partial charge in [-0.1, -0.05) is 42.3 Å². The lowest BCUT2D eigenvalue weighted by molar-refractivity contribution is 0.0651. The zero-order valence-electron chi connectivity index (χ0n) is 23.3. The van der Waals surface area contributed by atoms with Crippen LogP contribution in [0.1, 0.15) is 70.1 Å². The van der Waals surface area contributed by atoms with Gasteiger partial charge in [0.05, 0.1) is 22.5 Å². The van der Waals surface area contributed by atoms with Gasteiger partial charge in [0, 0.05) is 41.0 Å². The molecule has 0 atom stereocenters. The molecular weight excluding hydrogens is 534 g/mol. The molecule has 0 radical (unpaired) electrons. The molecule has 0 aliphatic carbocycles. The standard InChI is InChI=1S/C33H34ClN5O2/c1-22-9-10-25(21-28(22)34)30-29(23-11-15-35-16-12-23)36-31(37-30)24-13-19-38(20-14-24)17-5-2-6-18-39-32(40)26-7-3-4-8-27(26)33(39)41/h3-4,7-12,15-16,21,24H,2,5-6,13-14,17-20H2,1H3,(H,36,37). The van der Waals surface area contributed by atoms with Crippen molar-refractivity contribution in [3.63, 3.8) is 0 Å². The summed E-state index contributed by atoms with van der Waals surface area (Å²) in [7, 11) is 0. The van der Waals surface area contributed by atoms with Crippen molar-refractivity contribution < 1.29 is 9.59 Å². The fourth-order valence-electron chi connectivity index (χ4n) is 5.92. The van der Waals surface area contributed by atoms with Crippen LogP contribution in [0.5, 0.6) is 0 Å². The molecule has 2 aromatic carbocycles. The number of fused-ring (bicyclic) bond motifs is 1. The number of imide groups is 1. The Morgan fingerprint density at radius 3 is 2.24 bits per heavy atom. The molecule has 1 N–H and O–H groups in total. The number of likely N-dealkylation sites (tertiary alicyclic amines) is 1. The summed E-state index contributed by atoms with van der Waals surface area (Å²) in [5, 5.41) is 0.741. The van der Waals surface area contributed by atoms with E-state index in [0.29, 0.717) is 23.6 Å². The van der Waals surface area contributed by atoms with Crippen molar-refractivity contribution in [2.24, 2.45) is 0 Å². The van der Waals surface area contributed by atoms with Gasteiger partial charge in [0.2, 0.25) is 0 Å². The zero-order chi connectivity index (χ0) is 28.3. The summed E-state index contributed by atoms with van der Waals surface area (Å²) in [6.45, 7) is 5.58. The Bertz CT molecular complexity index is 1520. The van der Waals surface area contributed by atoms with Crippen LogP contribution in [-0.2, 0) is 0 Å². The molecule has 4 aromatic rings. The summed E-state index contributed by atoms with van der Waals surface area (Å²) in [5.41, 5.74) is 6.10. The van der Waals surface area contributed by atoms with E-state index in [1.807, 2.05) is 43.3 Å². The monoisotopic (exact) mass is 567 g/mol. The van der Waals surface area contributed by atoms with E-state index in [1.165, 1.54) is 4.90 Å². The van der Waals surface area contributed by atoms with Gasteiger partial charge in [-0.15, -0.1) is 0 Å². The molecule has 0 spiro atoms. The van der Waals surface area contributed by atoms with Crippen molar-refractivity contribution >= 4 is 23.4 Å². The summed E-state index contributed by atoms with van der Waals surface area (Å²) < 4.78 is 0. The van der Waals surface area contributed by atoms with Gasteiger partial charge < -0.3 is 9.88 Å². The molecule has 0 unspecified atom stereocenters. The van der Waals surface area contributed by atoms with Crippen LogP contribution in [0, 0.1) is 6.92 Å². The number of rotatable bonds is 9. The first kappa shape index (κ1) is 27.4. The molecule has 2 aliphatic rings. The van der Waals surface area contributed by atoms with Crippen LogP contribution in [0.4, 0.5) is 0 Å². The molecule has 2 aliphatic heterocycles. The molecule has 2 amide bonds. The number of pyridine rings is 1.